The summed E-state index contributed by atoms with van der Waals surface area (Å²) in [5.41, 5.74) is 12.4. The molecular formula is C15H15BrN2O2. The summed E-state index contributed by atoms with van der Waals surface area (Å²) in [6.07, 6.45) is -0.355. The topological polar surface area (TPSA) is 78.3 Å². The number of halogens is 1. The van der Waals surface area contributed by atoms with Crippen molar-refractivity contribution < 1.29 is 9.53 Å². The number of carbonyl (C=O) groups is 1. The predicted octanol–water partition coefficient (Wildman–Crippen LogP) is 2.63. The van der Waals surface area contributed by atoms with Crippen LogP contribution in [0.25, 0.3) is 0 Å². The van der Waals surface area contributed by atoms with Gasteiger partial charge < -0.3 is 16.2 Å². The molecule has 1 amide bonds. The van der Waals surface area contributed by atoms with E-state index in [4.69, 9.17) is 16.2 Å². The van der Waals surface area contributed by atoms with Crippen molar-refractivity contribution >= 4 is 21.8 Å². The van der Waals surface area contributed by atoms with E-state index < -0.39 is 5.91 Å². The number of hydrogen-bond donors (Lipinski definition) is 2. The van der Waals surface area contributed by atoms with Crippen molar-refractivity contribution in [3.05, 3.63) is 64.1 Å². The Morgan fingerprint density at radius 3 is 2.45 bits per heavy atom. The lowest BCUT2D eigenvalue weighted by Crippen LogP contribution is -2.21. The van der Waals surface area contributed by atoms with Crippen LogP contribution in [-0.4, -0.2) is 12.5 Å². The summed E-state index contributed by atoms with van der Waals surface area (Å²) in [4.78, 5) is 11.4. The van der Waals surface area contributed by atoms with Crippen molar-refractivity contribution in [2.75, 3.05) is 6.54 Å². The standard InChI is InChI=1S/C15H15BrN2O2/c16-12-7-3-1-5-10(12)14(9-17)20-13-8-4-2-6-11(13)15(18)19/h1-8,14H,9,17H2,(H2,18,19). The number of carbonyl (C=O) groups excluding carboxylic acids is 1. The van der Waals surface area contributed by atoms with Crippen LogP contribution in [0.2, 0.25) is 0 Å². The van der Waals surface area contributed by atoms with Gasteiger partial charge in [-0.05, 0) is 18.2 Å². The molecule has 104 valence electrons. The Labute approximate surface area is 125 Å². The van der Waals surface area contributed by atoms with Crippen LogP contribution in [0.5, 0.6) is 5.75 Å². The molecule has 0 aliphatic carbocycles. The van der Waals surface area contributed by atoms with Gasteiger partial charge in [0.1, 0.15) is 11.9 Å². The Balaban J connectivity index is 2.32. The zero-order valence-electron chi connectivity index (χ0n) is 10.8. The number of amides is 1. The highest BCUT2D eigenvalue weighted by Crippen LogP contribution is 2.28. The maximum absolute atomic E-state index is 11.4. The van der Waals surface area contributed by atoms with E-state index in [1.165, 1.54) is 0 Å². The molecule has 0 saturated carbocycles. The fraction of sp³-hybridized carbons (Fsp3) is 0.133. The van der Waals surface area contributed by atoms with Crippen LogP contribution >= 0.6 is 15.9 Å². The Bertz CT molecular complexity index is 616. The minimum absolute atomic E-state index is 0.287. The van der Waals surface area contributed by atoms with Gasteiger partial charge >= 0.3 is 0 Å². The summed E-state index contributed by atoms with van der Waals surface area (Å²) < 4.78 is 6.78. The summed E-state index contributed by atoms with van der Waals surface area (Å²) in [7, 11) is 0. The molecule has 4 nitrogen and oxygen atoms in total. The normalized spacial score (nSPS) is 11.9. The lowest BCUT2D eigenvalue weighted by atomic mass is 10.1. The number of primary amides is 1. The highest BCUT2D eigenvalue weighted by Gasteiger charge is 2.17. The number of para-hydroxylation sites is 1. The molecule has 0 heterocycles. The van der Waals surface area contributed by atoms with Crippen LogP contribution in [0.15, 0.2) is 53.0 Å². The fourth-order valence-corrected chi connectivity index (χ4v) is 2.44. The van der Waals surface area contributed by atoms with E-state index in [2.05, 4.69) is 15.9 Å². The molecule has 2 aromatic rings. The van der Waals surface area contributed by atoms with Crippen LogP contribution in [0, 0.1) is 0 Å². The lowest BCUT2D eigenvalue weighted by Gasteiger charge is -2.20. The summed E-state index contributed by atoms with van der Waals surface area (Å²) in [6, 6.07) is 14.5. The van der Waals surface area contributed by atoms with Gasteiger partial charge in [0.05, 0.1) is 5.56 Å². The van der Waals surface area contributed by atoms with Gasteiger partial charge in [-0.15, -0.1) is 0 Å². The smallest absolute Gasteiger partial charge is 0.252 e. The van der Waals surface area contributed by atoms with Crippen LogP contribution < -0.4 is 16.2 Å². The van der Waals surface area contributed by atoms with Crippen LogP contribution in [0.1, 0.15) is 22.0 Å². The minimum atomic E-state index is -0.525. The molecule has 0 aliphatic heterocycles. The molecule has 1 atom stereocenters. The number of ether oxygens (including phenoxy) is 1. The van der Waals surface area contributed by atoms with E-state index in [9.17, 15) is 4.79 Å². The molecule has 20 heavy (non-hydrogen) atoms. The largest absolute Gasteiger partial charge is 0.484 e. The van der Waals surface area contributed by atoms with Gasteiger partial charge in [-0.25, -0.2) is 0 Å². The molecule has 0 aliphatic rings. The number of nitrogens with two attached hydrogens (primary N) is 2. The zero-order valence-corrected chi connectivity index (χ0v) is 12.3. The third-order valence-corrected chi connectivity index (χ3v) is 3.61. The number of rotatable bonds is 5. The maximum atomic E-state index is 11.4. The van der Waals surface area contributed by atoms with Crippen molar-refractivity contribution in [2.45, 2.75) is 6.10 Å². The van der Waals surface area contributed by atoms with Crippen molar-refractivity contribution in [3.63, 3.8) is 0 Å². The number of benzene rings is 2. The highest BCUT2D eigenvalue weighted by molar-refractivity contribution is 9.10. The quantitative estimate of drug-likeness (QED) is 0.882. The average molecular weight is 335 g/mol. The molecule has 0 fully saturated rings. The summed E-state index contributed by atoms with van der Waals surface area (Å²) in [5, 5.41) is 0. The van der Waals surface area contributed by atoms with Gasteiger partial charge in [0, 0.05) is 16.6 Å². The first kappa shape index (κ1) is 14.6. The van der Waals surface area contributed by atoms with Gasteiger partial charge in [0.2, 0.25) is 0 Å². The molecule has 2 rings (SSSR count). The monoisotopic (exact) mass is 334 g/mol. The van der Waals surface area contributed by atoms with Gasteiger partial charge in [-0.1, -0.05) is 46.3 Å². The summed E-state index contributed by atoms with van der Waals surface area (Å²) in [5.74, 6) is -0.0882. The Hall–Kier alpha value is -1.85. The van der Waals surface area contributed by atoms with Gasteiger partial charge in [-0.2, -0.15) is 0 Å². The molecule has 0 spiro atoms. The molecule has 0 bridgehead atoms. The zero-order chi connectivity index (χ0) is 14.5. The first-order valence-corrected chi connectivity index (χ1v) is 6.92. The molecule has 1 unspecified atom stereocenters. The summed E-state index contributed by atoms with van der Waals surface area (Å²) in [6.45, 7) is 0.287. The molecular weight excluding hydrogens is 320 g/mol. The van der Waals surface area contributed by atoms with Crippen molar-refractivity contribution in [2.24, 2.45) is 11.5 Å². The van der Waals surface area contributed by atoms with E-state index in [1.807, 2.05) is 24.3 Å². The second-order valence-electron chi connectivity index (χ2n) is 4.22. The molecule has 5 heteroatoms. The van der Waals surface area contributed by atoms with E-state index in [0.29, 0.717) is 11.3 Å². The third kappa shape index (κ3) is 3.18. The molecule has 2 aromatic carbocycles. The Morgan fingerprint density at radius 1 is 1.15 bits per heavy atom. The Morgan fingerprint density at radius 2 is 1.80 bits per heavy atom. The van der Waals surface area contributed by atoms with Gasteiger partial charge in [0.25, 0.3) is 5.91 Å². The SMILES string of the molecule is NCC(Oc1ccccc1C(N)=O)c1ccccc1Br. The molecule has 4 N–H and O–H groups in total. The maximum Gasteiger partial charge on any atom is 0.252 e. The van der Waals surface area contributed by atoms with E-state index in [0.717, 1.165) is 10.0 Å². The summed E-state index contributed by atoms with van der Waals surface area (Å²) >= 11 is 3.47. The molecule has 0 saturated heterocycles. The van der Waals surface area contributed by atoms with Crippen molar-refractivity contribution in [1.82, 2.24) is 0 Å². The fourth-order valence-electron chi connectivity index (χ4n) is 1.90. The number of hydrogen-bond acceptors (Lipinski definition) is 3. The van der Waals surface area contributed by atoms with Crippen LogP contribution in [0.4, 0.5) is 0 Å². The minimum Gasteiger partial charge on any atom is -0.484 e. The van der Waals surface area contributed by atoms with E-state index in [1.54, 1.807) is 24.3 Å². The third-order valence-electron chi connectivity index (χ3n) is 2.89. The van der Waals surface area contributed by atoms with Crippen molar-refractivity contribution in [3.8, 4) is 5.75 Å². The van der Waals surface area contributed by atoms with Gasteiger partial charge in [0.15, 0.2) is 0 Å². The molecule has 0 radical (unpaired) electrons. The van der Waals surface area contributed by atoms with E-state index in [-0.39, 0.29) is 12.6 Å². The highest BCUT2D eigenvalue weighted by atomic mass is 79.9. The van der Waals surface area contributed by atoms with E-state index >= 15 is 0 Å². The average Bonchev–Trinajstić information content (AvgIpc) is 2.46. The predicted molar refractivity (Wildman–Crippen MR) is 81.5 cm³/mol. The van der Waals surface area contributed by atoms with Crippen LogP contribution in [0.3, 0.4) is 0 Å². The Kier molecular flexibility index (Phi) is 4.76. The molecule has 0 aromatic heterocycles. The van der Waals surface area contributed by atoms with Gasteiger partial charge in [-0.3, -0.25) is 4.79 Å². The van der Waals surface area contributed by atoms with Crippen LogP contribution in [-0.2, 0) is 0 Å². The first-order valence-electron chi connectivity index (χ1n) is 6.13. The second kappa shape index (κ2) is 6.54. The van der Waals surface area contributed by atoms with Crippen molar-refractivity contribution in [1.29, 1.82) is 0 Å². The lowest BCUT2D eigenvalue weighted by molar-refractivity contribution is 0.0993. The second-order valence-corrected chi connectivity index (χ2v) is 5.08. The first-order chi connectivity index (χ1) is 9.63.